The third kappa shape index (κ3) is 5.52. The molecule has 0 saturated heterocycles. The fraction of sp³-hybridized carbons (Fsp3) is 0.222. The SMILES string of the molecule is CCOC(=O)CNC(=O)c1nnn(-c2ccc(Cl)cc2)c1CSc1ncccn1. The van der Waals surface area contributed by atoms with Crippen LogP contribution in [0.5, 0.6) is 0 Å². The van der Waals surface area contributed by atoms with E-state index in [0.717, 1.165) is 0 Å². The number of halogens is 1. The zero-order valence-electron chi connectivity index (χ0n) is 15.4. The molecule has 1 aromatic carbocycles. The van der Waals surface area contributed by atoms with Gasteiger partial charge in [-0.1, -0.05) is 28.6 Å². The first-order valence-electron chi connectivity index (χ1n) is 8.62. The van der Waals surface area contributed by atoms with Crippen LogP contribution in [0, 0.1) is 0 Å². The number of nitrogens with zero attached hydrogens (tertiary/aromatic N) is 5. The van der Waals surface area contributed by atoms with E-state index in [0.29, 0.717) is 27.3 Å². The predicted molar refractivity (Wildman–Crippen MR) is 107 cm³/mol. The van der Waals surface area contributed by atoms with Gasteiger partial charge in [-0.2, -0.15) is 0 Å². The highest BCUT2D eigenvalue weighted by atomic mass is 35.5. The van der Waals surface area contributed by atoms with E-state index in [4.69, 9.17) is 16.3 Å². The van der Waals surface area contributed by atoms with E-state index in [-0.39, 0.29) is 18.8 Å². The largest absolute Gasteiger partial charge is 0.465 e. The van der Waals surface area contributed by atoms with Crippen molar-refractivity contribution in [1.29, 1.82) is 0 Å². The Balaban J connectivity index is 1.85. The van der Waals surface area contributed by atoms with Crippen LogP contribution in [0.15, 0.2) is 47.9 Å². The number of nitrogens with one attached hydrogen (secondary N) is 1. The molecule has 11 heteroatoms. The molecule has 0 bridgehead atoms. The van der Waals surface area contributed by atoms with Crippen molar-refractivity contribution in [1.82, 2.24) is 30.3 Å². The zero-order chi connectivity index (χ0) is 20.6. The summed E-state index contributed by atoms with van der Waals surface area (Å²) in [6.07, 6.45) is 3.27. The van der Waals surface area contributed by atoms with Crippen molar-refractivity contribution in [3.8, 4) is 5.69 Å². The summed E-state index contributed by atoms with van der Waals surface area (Å²) in [6.45, 7) is 1.67. The fourth-order valence-electron chi connectivity index (χ4n) is 2.34. The van der Waals surface area contributed by atoms with Crippen molar-refractivity contribution in [2.45, 2.75) is 17.8 Å². The van der Waals surface area contributed by atoms with E-state index >= 15 is 0 Å². The number of hydrogen-bond acceptors (Lipinski definition) is 8. The molecule has 1 N–H and O–H groups in total. The van der Waals surface area contributed by atoms with Gasteiger partial charge >= 0.3 is 5.97 Å². The summed E-state index contributed by atoms with van der Waals surface area (Å²) in [5.41, 5.74) is 1.33. The van der Waals surface area contributed by atoms with E-state index in [2.05, 4.69) is 25.6 Å². The molecule has 2 aromatic heterocycles. The third-order valence-electron chi connectivity index (χ3n) is 3.63. The van der Waals surface area contributed by atoms with Crippen molar-refractivity contribution in [2.24, 2.45) is 0 Å². The molecular weight excluding hydrogens is 416 g/mol. The standard InChI is InChI=1S/C18H17ClN6O3S/c1-2-28-15(26)10-22-17(27)16-14(11-29-18-20-8-3-9-21-18)25(24-23-16)13-6-4-12(19)5-7-13/h3-9H,2,10-11H2,1H3,(H,22,27). The van der Waals surface area contributed by atoms with E-state index in [1.54, 1.807) is 54.3 Å². The van der Waals surface area contributed by atoms with Crippen molar-refractivity contribution >= 4 is 35.2 Å². The molecule has 1 amide bonds. The Morgan fingerprint density at radius 3 is 2.62 bits per heavy atom. The van der Waals surface area contributed by atoms with Crippen LogP contribution in [-0.4, -0.2) is 50.0 Å². The van der Waals surface area contributed by atoms with Gasteiger partial charge in [0.05, 0.1) is 18.0 Å². The highest BCUT2D eigenvalue weighted by Crippen LogP contribution is 2.23. The lowest BCUT2D eigenvalue weighted by atomic mass is 10.3. The maximum atomic E-state index is 12.6. The smallest absolute Gasteiger partial charge is 0.325 e. The maximum absolute atomic E-state index is 12.6. The van der Waals surface area contributed by atoms with Gasteiger partial charge in [0, 0.05) is 23.2 Å². The van der Waals surface area contributed by atoms with Crippen molar-refractivity contribution in [3.63, 3.8) is 0 Å². The number of aromatic nitrogens is 5. The number of rotatable bonds is 8. The lowest BCUT2D eigenvalue weighted by Crippen LogP contribution is -2.31. The molecule has 0 aliphatic rings. The summed E-state index contributed by atoms with van der Waals surface area (Å²) in [5.74, 6) is -0.718. The number of ether oxygens (including phenoxy) is 1. The average molecular weight is 433 g/mol. The third-order valence-corrected chi connectivity index (χ3v) is 4.77. The van der Waals surface area contributed by atoms with Crippen molar-refractivity contribution < 1.29 is 14.3 Å². The van der Waals surface area contributed by atoms with Crippen LogP contribution in [-0.2, 0) is 15.3 Å². The van der Waals surface area contributed by atoms with Crippen LogP contribution in [0.3, 0.4) is 0 Å². The molecule has 0 aliphatic heterocycles. The number of thioether (sulfide) groups is 1. The Morgan fingerprint density at radius 1 is 1.21 bits per heavy atom. The Morgan fingerprint density at radius 2 is 1.93 bits per heavy atom. The Kier molecular flexibility index (Phi) is 7.14. The number of amides is 1. The summed E-state index contributed by atoms with van der Waals surface area (Å²) in [5, 5.41) is 11.8. The normalized spacial score (nSPS) is 10.6. The zero-order valence-corrected chi connectivity index (χ0v) is 17.0. The van der Waals surface area contributed by atoms with E-state index in [1.807, 2.05) is 0 Å². The molecule has 0 atom stereocenters. The lowest BCUT2D eigenvalue weighted by Gasteiger charge is -2.08. The van der Waals surface area contributed by atoms with Crippen LogP contribution in [0.25, 0.3) is 5.69 Å². The second-order valence-electron chi connectivity index (χ2n) is 5.58. The molecule has 9 nitrogen and oxygen atoms in total. The van der Waals surface area contributed by atoms with Gasteiger partial charge in [0.25, 0.3) is 5.91 Å². The summed E-state index contributed by atoms with van der Waals surface area (Å²) in [6, 6.07) is 8.69. The topological polar surface area (TPSA) is 112 Å². The minimum absolute atomic E-state index is 0.104. The molecular formula is C18H17ClN6O3S. The molecule has 3 rings (SSSR count). The number of esters is 1. The van der Waals surface area contributed by atoms with Gasteiger partial charge in [0.2, 0.25) is 0 Å². The van der Waals surface area contributed by atoms with Crippen LogP contribution in [0.2, 0.25) is 5.02 Å². The fourth-order valence-corrected chi connectivity index (χ4v) is 3.26. The molecule has 0 unspecified atom stereocenters. The summed E-state index contributed by atoms with van der Waals surface area (Å²) in [4.78, 5) is 32.4. The summed E-state index contributed by atoms with van der Waals surface area (Å²) < 4.78 is 6.37. The minimum atomic E-state index is -0.528. The molecule has 0 aliphatic carbocycles. The first-order valence-corrected chi connectivity index (χ1v) is 9.99. The second kappa shape index (κ2) is 9.99. The highest BCUT2D eigenvalue weighted by Gasteiger charge is 2.22. The van der Waals surface area contributed by atoms with Gasteiger partial charge in [-0.05, 0) is 37.3 Å². The quantitative estimate of drug-likeness (QED) is 0.328. The molecule has 0 spiro atoms. The van der Waals surface area contributed by atoms with Crippen LogP contribution in [0.4, 0.5) is 0 Å². The van der Waals surface area contributed by atoms with Crippen LogP contribution in [0.1, 0.15) is 23.1 Å². The maximum Gasteiger partial charge on any atom is 0.325 e. The highest BCUT2D eigenvalue weighted by molar-refractivity contribution is 7.98. The summed E-state index contributed by atoms with van der Waals surface area (Å²) >= 11 is 7.29. The van der Waals surface area contributed by atoms with Crippen LogP contribution < -0.4 is 5.32 Å². The molecule has 0 saturated carbocycles. The minimum Gasteiger partial charge on any atom is -0.465 e. The van der Waals surface area contributed by atoms with Gasteiger partial charge in [-0.15, -0.1) is 5.10 Å². The lowest BCUT2D eigenvalue weighted by molar-refractivity contribution is -0.141. The number of carbonyl (C=O) groups is 2. The van der Waals surface area contributed by atoms with Crippen LogP contribution >= 0.6 is 23.4 Å². The molecule has 150 valence electrons. The van der Waals surface area contributed by atoms with Crippen molar-refractivity contribution in [3.05, 3.63) is 59.1 Å². The van der Waals surface area contributed by atoms with Gasteiger partial charge in [0.1, 0.15) is 6.54 Å². The number of carbonyl (C=O) groups excluding carboxylic acids is 2. The Bertz CT molecular complexity index is 981. The molecule has 3 aromatic rings. The van der Waals surface area contributed by atoms with Crippen molar-refractivity contribution in [2.75, 3.05) is 13.2 Å². The molecule has 0 fully saturated rings. The molecule has 0 radical (unpaired) electrons. The van der Waals surface area contributed by atoms with Gasteiger partial charge < -0.3 is 10.1 Å². The average Bonchev–Trinajstić information content (AvgIpc) is 3.16. The first-order chi connectivity index (χ1) is 14.1. The first kappa shape index (κ1) is 20.7. The van der Waals surface area contributed by atoms with Gasteiger partial charge in [0.15, 0.2) is 10.9 Å². The van der Waals surface area contributed by atoms with Gasteiger partial charge in [-0.25, -0.2) is 14.6 Å². The van der Waals surface area contributed by atoms with E-state index < -0.39 is 11.9 Å². The summed E-state index contributed by atoms with van der Waals surface area (Å²) in [7, 11) is 0. The number of hydrogen-bond donors (Lipinski definition) is 1. The molecule has 2 heterocycles. The Hall–Kier alpha value is -2.98. The monoisotopic (exact) mass is 432 g/mol. The predicted octanol–water partition coefficient (Wildman–Crippen LogP) is 2.30. The van der Waals surface area contributed by atoms with E-state index in [9.17, 15) is 9.59 Å². The molecule has 29 heavy (non-hydrogen) atoms. The van der Waals surface area contributed by atoms with Gasteiger partial charge in [-0.3, -0.25) is 9.59 Å². The second-order valence-corrected chi connectivity index (χ2v) is 6.96. The Labute approximate surface area is 175 Å². The number of benzene rings is 1. The van der Waals surface area contributed by atoms with E-state index in [1.165, 1.54) is 11.8 Å².